The fourth-order valence-corrected chi connectivity index (χ4v) is 2.52. The summed E-state index contributed by atoms with van der Waals surface area (Å²) in [5.74, 6) is 0.305. The molecule has 18 heavy (non-hydrogen) atoms. The molecule has 0 aliphatic carbocycles. The van der Waals surface area contributed by atoms with Crippen molar-refractivity contribution in [1.29, 1.82) is 0 Å². The molecular formula is C11H12N4O2S. The Balaban J connectivity index is 1.68. The zero-order valence-corrected chi connectivity index (χ0v) is 10.4. The quantitative estimate of drug-likeness (QED) is 0.883. The smallest absolute Gasteiger partial charge is 0.322 e. The third-order valence-electron chi connectivity index (χ3n) is 2.80. The van der Waals surface area contributed by atoms with Crippen molar-refractivity contribution in [3.63, 3.8) is 0 Å². The van der Waals surface area contributed by atoms with E-state index in [0.717, 1.165) is 19.4 Å². The van der Waals surface area contributed by atoms with E-state index in [1.54, 1.807) is 11.4 Å². The minimum Gasteiger partial charge on any atom is -0.406 e. The van der Waals surface area contributed by atoms with Gasteiger partial charge in [0.2, 0.25) is 5.89 Å². The topological polar surface area (TPSA) is 80.0 Å². The first-order valence-electron chi connectivity index (χ1n) is 5.73. The van der Waals surface area contributed by atoms with E-state index >= 15 is 0 Å². The minimum atomic E-state index is -0.231. The highest BCUT2D eigenvalue weighted by atomic mass is 32.1. The Morgan fingerprint density at radius 3 is 3.22 bits per heavy atom. The number of aromatic nitrogens is 2. The Kier molecular flexibility index (Phi) is 3.07. The van der Waals surface area contributed by atoms with Gasteiger partial charge in [0.15, 0.2) is 0 Å². The number of rotatable bonds is 3. The predicted molar refractivity (Wildman–Crippen MR) is 66.5 cm³/mol. The maximum Gasteiger partial charge on any atom is 0.322 e. The third kappa shape index (κ3) is 2.27. The molecule has 1 saturated heterocycles. The van der Waals surface area contributed by atoms with Gasteiger partial charge in [0.1, 0.15) is 0 Å². The number of nitrogens with one attached hydrogen (secondary N) is 2. The largest absolute Gasteiger partial charge is 0.406 e. The van der Waals surface area contributed by atoms with Crippen LogP contribution in [-0.2, 0) is 0 Å². The molecule has 6 nitrogen and oxygen atoms in total. The molecule has 0 spiro atoms. The van der Waals surface area contributed by atoms with Crippen molar-refractivity contribution < 1.29 is 9.21 Å². The fraction of sp³-hybridized carbons (Fsp3) is 0.364. The molecule has 2 aromatic rings. The van der Waals surface area contributed by atoms with Crippen LogP contribution in [0.5, 0.6) is 0 Å². The van der Waals surface area contributed by atoms with Gasteiger partial charge in [-0.25, -0.2) is 0 Å². The number of amides is 1. The monoisotopic (exact) mass is 264 g/mol. The van der Waals surface area contributed by atoms with Crippen molar-refractivity contribution >= 4 is 23.3 Å². The van der Waals surface area contributed by atoms with Crippen molar-refractivity contribution in [2.75, 3.05) is 11.9 Å². The zero-order valence-electron chi connectivity index (χ0n) is 9.55. The lowest BCUT2D eigenvalue weighted by Crippen LogP contribution is -2.13. The minimum absolute atomic E-state index is 0.115. The van der Waals surface area contributed by atoms with E-state index in [2.05, 4.69) is 20.8 Å². The molecule has 0 saturated carbocycles. The van der Waals surface area contributed by atoms with Crippen LogP contribution in [0.25, 0.3) is 0 Å². The number of nitrogens with zero attached hydrogens (tertiary/aromatic N) is 2. The van der Waals surface area contributed by atoms with Crippen LogP contribution >= 0.6 is 11.3 Å². The van der Waals surface area contributed by atoms with Gasteiger partial charge in [-0.15, -0.1) is 5.10 Å². The lowest BCUT2D eigenvalue weighted by molar-refractivity contribution is 0.102. The Bertz CT molecular complexity index is 531. The molecule has 7 heteroatoms. The van der Waals surface area contributed by atoms with Crippen LogP contribution in [0, 0.1) is 0 Å². The molecule has 1 fully saturated rings. The lowest BCUT2D eigenvalue weighted by Gasteiger charge is -2.02. The molecule has 1 aliphatic rings. The summed E-state index contributed by atoms with van der Waals surface area (Å²) in [7, 11) is 0. The van der Waals surface area contributed by atoms with Gasteiger partial charge in [0.05, 0.1) is 11.6 Å². The number of hydrogen-bond donors (Lipinski definition) is 2. The summed E-state index contributed by atoms with van der Waals surface area (Å²) in [5, 5.41) is 17.2. The number of hydrogen-bond acceptors (Lipinski definition) is 6. The van der Waals surface area contributed by atoms with Crippen molar-refractivity contribution in [2.24, 2.45) is 0 Å². The van der Waals surface area contributed by atoms with Crippen LogP contribution in [0.1, 0.15) is 35.1 Å². The summed E-state index contributed by atoms with van der Waals surface area (Å²) < 4.78 is 5.42. The first kappa shape index (κ1) is 11.4. The van der Waals surface area contributed by atoms with Crippen LogP contribution in [-0.4, -0.2) is 22.6 Å². The van der Waals surface area contributed by atoms with Crippen LogP contribution < -0.4 is 10.6 Å². The molecule has 3 rings (SSSR count). The van der Waals surface area contributed by atoms with Gasteiger partial charge >= 0.3 is 6.01 Å². The molecule has 94 valence electrons. The summed E-state index contributed by atoms with van der Waals surface area (Å²) in [6.07, 6.45) is 2.09. The maximum absolute atomic E-state index is 11.8. The van der Waals surface area contributed by atoms with Gasteiger partial charge in [-0.05, 0) is 30.8 Å². The summed E-state index contributed by atoms with van der Waals surface area (Å²) in [6, 6.07) is 2.01. The number of carbonyl (C=O) groups is 1. The Labute approximate surface area is 107 Å². The van der Waals surface area contributed by atoms with Gasteiger partial charge in [0, 0.05) is 5.38 Å². The van der Waals surface area contributed by atoms with E-state index in [9.17, 15) is 4.79 Å². The van der Waals surface area contributed by atoms with Crippen molar-refractivity contribution in [1.82, 2.24) is 15.5 Å². The second kappa shape index (κ2) is 4.87. The van der Waals surface area contributed by atoms with E-state index in [4.69, 9.17) is 4.42 Å². The van der Waals surface area contributed by atoms with E-state index < -0.39 is 0 Å². The molecular weight excluding hydrogens is 252 g/mol. The summed E-state index contributed by atoms with van der Waals surface area (Å²) in [5.41, 5.74) is 0.596. The summed E-state index contributed by atoms with van der Waals surface area (Å²) in [6.45, 7) is 0.962. The maximum atomic E-state index is 11.8. The Morgan fingerprint density at radius 1 is 1.56 bits per heavy atom. The second-order valence-corrected chi connectivity index (χ2v) is 4.84. The van der Waals surface area contributed by atoms with Crippen LogP contribution in [0.15, 0.2) is 21.2 Å². The van der Waals surface area contributed by atoms with Crippen LogP contribution in [0.3, 0.4) is 0 Å². The van der Waals surface area contributed by atoms with Gasteiger partial charge in [-0.1, -0.05) is 5.10 Å². The van der Waals surface area contributed by atoms with Crippen molar-refractivity contribution in [3.05, 3.63) is 28.3 Å². The van der Waals surface area contributed by atoms with Gasteiger partial charge in [0.25, 0.3) is 5.91 Å². The zero-order chi connectivity index (χ0) is 12.4. The van der Waals surface area contributed by atoms with E-state index in [-0.39, 0.29) is 18.0 Å². The molecule has 1 atom stereocenters. The van der Waals surface area contributed by atoms with Gasteiger partial charge < -0.3 is 9.73 Å². The first-order chi connectivity index (χ1) is 8.83. The molecule has 0 radical (unpaired) electrons. The van der Waals surface area contributed by atoms with E-state index in [1.807, 2.05) is 5.38 Å². The molecule has 2 aromatic heterocycles. The fourth-order valence-electron chi connectivity index (χ4n) is 1.88. The highest BCUT2D eigenvalue weighted by molar-refractivity contribution is 7.08. The molecule has 3 heterocycles. The second-order valence-electron chi connectivity index (χ2n) is 4.06. The average Bonchev–Trinajstić information content (AvgIpc) is 3.12. The van der Waals surface area contributed by atoms with E-state index in [1.165, 1.54) is 11.3 Å². The van der Waals surface area contributed by atoms with Crippen molar-refractivity contribution in [2.45, 2.75) is 18.9 Å². The number of anilines is 1. The molecule has 0 bridgehead atoms. The van der Waals surface area contributed by atoms with Gasteiger partial charge in [-0.3, -0.25) is 10.1 Å². The molecule has 1 unspecified atom stereocenters. The lowest BCUT2D eigenvalue weighted by atomic mass is 10.2. The predicted octanol–water partition coefficient (Wildman–Crippen LogP) is 1.81. The third-order valence-corrected chi connectivity index (χ3v) is 3.49. The molecule has 1 amide bonds. The average molecular weight is 264 g/mol. The van der Waals surface area contributed by atoms with Crippen LogP contribution in [0.2, 0.25) is 0 Å². The van der Waals surface area contributed by atoms with Crippen LogP contribution in [0.4, 0.5) is 6.01 Å². The molecule has 0 aromatic carbocycles. The summed E-state index contributed by atoms with van der Waals surface area (Å²) >= 11 is 1.47. The highest BCUT2D eigenvalue weighted by Crippen LogP contribution is 2.23. The van der Waals surface area contributed by atoms with Crippen molar-refractivity contribution in [3.8, 4) is 0 Å². The Hall–Kier alpha value is -1.73. The Morgan fingerprint density at radius 2 is 2.50 bits per heavy atom. The number of carbonyl (C=O) groups excluding carboxylic acids is 1. The highest BCUT2D eigenvalue weighted by Gasteiger charge is 2.22. The summed E-state index contributed by atoms with van der Waals surface area (Å²) in [4.78, 5) is 11.8. The first-order valence-corrected chi connectivity index (χ1v) is 6.67. The normalized spacial score (nSPS) is 19.0. The molecule has 1 aliphatic heterocycles. The molecule has 2 N–H and O–H groups in total. The van der Waals surface area contributed by atoms with Gasteiger partial charge in [-0.2, -0.15) is 11.3 Å². The SMILES string of the molecule is O=C(Nc1nnc(C2CCCN2)o1)c1ccsc1. The van der Waals surface area contributed by atoms with E-state index in [0.29, 0.717) is 11.5 Å². The number of thiophene rings is 1. The standard InChI is InChI=1S/C11H12N4O2S/c16-9(7-3-5-18-6-7)13-11-15-14-10(17-11)8-2-1-4-12-8/h3,5-6,8,12H,1-2,4H2,(H,13,15,16).